The van der Waals surface area contributed by atoms with Crippen molar-refractivity contribution in [1.29, 1.82) is 0 Å². The van der Waals surface area contributed by atoms with Crippen LogP contribution >= 0.6 is 0 Å². The van der Waals surface area contributed by atoms with E-state index in [0.717, 1.165) is 19.3 Å². The van der Waals surface area contributed by atoms with Gasteiger partial charge in [-0.25, -0.2) is 14.1 Å². The summed E-state index contributed by atoms with van der Waals surface area (Å²) in [5.41, 5.74) is -1.29. The van der Waals surface area contributed by atoms with Crippen LogP contribution in [0.25, 0.3) is 11.6 Å². The van der Waals surface area contributed by atoms with Gasteiger partial charge in [0.2, 0.25) is 11.7 Å². The molecule has 0 radical (unpaired) electrons. The first-order valence-corrected chi connectivity index (χ1v) is 8.36. The minimum atomic E-state index is -1.03. The zero-order chi connectivity index (χ0) is 15.8. The highest BCUT2D eigenvalue weighted by Crippen LogP contribution is 2.63. The number of aromatic nitrogens is 5. The summed E-state index contributed by atoms with van der Waals surface area (Å²) in [4.78, 5) is 8.95. The molecule has 0 aromatic carbocycles. The maximum absolute atomic E-state index is 15.1. The van der Waals surface area contributed by atoms with Gasteiger partial charge in [0.15, 0.2) is 5.82 Å². The summed E-state index contributed by atoms with van der Waals surface area (Å²) in [5.74, 6) is 3.25. The second kappa shape index (κ2) is 4.19. The molecule has 122 valence electrons. The SMILES string of the molecule is Cc1nc(-c2noc(C34CC5CC(CC(F)(C5)C3)C4)n2)n(C)n1. The molecule has 0 spiro atoms. The van der Waals surface area contributed by atoms with E-state index in [1.165, 1.54) is 0 Å². The van der Waals surface area contributed by atoms with E-state index in [1.54, 1.807) is 4.68 Å². The van der Waals surface area contributed by atoms with Gasteiger partial charge in [0.1, 0.15) is 11.5 Å². The number of nitrogens with zero attached hydrogens (tertiary/aromatic N) is 5. The van der Waals surface area contributed by atoms with Crippen LogP contribution in [0.15, 0.2) is 4.52 Å². The third kappa shape index (κ3) is 1.91. The summed E-state index contributed by atoms with van der Waals surface area (Å²) >= 11 is 0. The largest absolute Gasteiger partial charge is 0.338 e. The molecule has 4 aliphatic carbocycles. The first-order valence-electron chi connectivity index (χ1n) is 8.36. The fourth-order valence-corrected chi connectivity index (χ4v) is 5.64. The van der Waals surface area contributed by atoms with Gasteiger partial charge in [-0.15, -0.1) is 0 Å². The highest BCUT2D eigenvalue weighted by molar-refractivity contribution is 5.42. The summed E-state index contributed by atoms with van der Waals surface area (Å²) in [6.07, 6.45) is 5.09. The number of rotatable bonds is 2. The number of hydrogen-bond acceptors (Lipinski definition) is 5. The molecule has 4 aliphatic rings. The summed E-state index contributed by atoms with van der Waals surface area (Å²) in [5, 5.41) is 8.33. The van der Waals surface area contributed by atoms with Crippen molar-refractivity contribution in [1.82, 2.24) is 24.9 Å². The summed E-state index contributed by atoms with van der Waals surface area (Å²) in [7, 11) is 1.81. The van der Waals surface area contributed by atoms with Crippen molar-refractivity contribution >= 4 is 0 Å². The van der Waals surface area contributed by atoms with Crippen molar-refractivity contribution in [3.05, 3.63) is 11.7 Å². The molecule has 0 amide bonds. The standard InChI is InChI=1S/C16H20FN5O/c1-9-18-13(22(2)20-9)12-19-14(23-21-12)15-4-10-3-11(5-15)7-16(17,6-10)8-15/h10-11H,3-8H2,1-2H3. The molecule has 0 N–H and O–H groups in total. The van der Waals surface area contributed by atoms with Crippen molar-refractivity contribution in [3.8, 4) is 11.6 Å². The van der Waals surface area contributed by atoms with Gasteiger partial charge in [-0.05, 0) is 57.3 Å². The summed E-state index contributed by atoms with van der Waals surface area (Å²) < 4.78 is 22.4. The average molecular weight is 317 g/mol. The molecule has 7 heteroatoms. The van der Waals surface area contributed by atoms with Crippen molar-refractivity contribution in [3.63, 3.8) is 0 Å². The maximum Gasteiger partial charge on any atom is 0.239 e. The number of aryl methyl sites for hydroxylation is 2. The molecule has 2 aromatic rings. The van der Waals surface area contributed by atoms with Crippen LogP contribution in [0.1, 0.15) is 50.2 Å². The Bertz CT molecular complexity index is 767. The maximum atomic E-state index is 15.1. The van der Waals surface area contributed by atoms with Crippen LogP contribution in [0.2, 0.25) is 0 Å². The van der Waals surface area contributed by atoms with Gasteiger partial charge in [-0.2, -0.15) is 10.1 Å². The lowest BCUT2D eigenvalue weighted by Crippen LogP contribution is -2.55. The van der Waals surface area contributed by atoms with E-state index in [-0.39, 0.29) is 5.41 Å². The van der Waals surface area contributed by atoms with Crippen LogP contribution in [-0.2, 0) is 12.5 Å². The molecule has 2 aromatic heterocycles. The predicted molar refractivity (Wildman–Crippen MR) is 79.2 cm³/mol. The fourth-order valence-electron chi connectivity index (χ4n) is 5.64. The molecule has 6 rings (SSSR count). The summed E-state index contributed by atoms with van der Waals surface area (Å²) in [6, 6.07) is 0. The number of halogens is 1. The first-order chi connectivity index (χ1) is 10.9. The number of hydrogen-bond donors (Lipinski definition) is 0. The second-order valence-corrected chi connectivity index (χ2v) is 7.92. The Labute approximate surface area is 133 Å². The quantitative estimate of drug-likeness (QED) is 0.852. The smallest absolute Gasteiger partial charge is 0.239 e. The predicted octanol–water partition coefficient (Wildman–Crippen LogP) is 2.73. The topological polar surface area (TPSA) is 69.6 Å². The highest BCUT2D eigenvalue weighted by atomic mass is 19.1. The molecule has 4 bridgehead atoms. The van der Waals surface area contributed by atoms with Gasteiger partial charge in [0.25, 0.3) is 0 Å². The van der Waals surface area contributed by atoms with E-state index in [9.17, 15) is 0 Å². The van der Waals surface area contributed by atoms with E-state index in [2.05, 4.69) is 20.2 Å². The van der Waals surface area contributed by atoms with E-state index in [0.29, 0.717) is 54.5 Å². The Morgan fingerprint density at radius 3 is 2.52 bits per heavy atom. The molecule has 0 saturated heterocycles. The fraction of sp³-hybridized carbons (Fsp3) is 0.750. The van der Waals surface area contributed by atoms with Crippen LogP contribution in [0, 0.1) is 18.8 Å². The van der Waals surface area contributed by atoms with Crippen LogP contribution in [0.3, 0.4) is 0 Å². The molecule has 0 aliphatic heterocycles. The van der Waals surface area contributed by atoms with Crippen LogP contribution < -0.4 is 0 Å². The Balaban J connectivity index is 1.54. The van der Waals surface area contributed by atoms with Crippen LogP contribution in [0.5, 0.6) is 0 Å². The van der Waals surface area contributed by atoms with Gasteiger partial charge in [0, 0.05) is 7.05 Å². The van der Waals surface area contributed by atoms with Gasteiger partial charge in [0.05, 0.1) is 5.41 Å². The zero-order valence-electron chi connectivity index (χ0n) is 13.4. The van der Waals surface area contributed by atoms with E-state index >= 15 is 4.39 Å². The lowest BCUT2D eigenvalue weighted by molar-refractivity contribution is -0.0979. The molecular weight excluding hydrogens is 297 g/mol. The highest BCUT2D eigenvalue weighted by Gasteiger charge is 2.61. The molecule has 4 fully saturated rings. The zero-order valence-corrected chi connectivity index (χ0v) is 13.4. The Morgan fingerprint density at radius 2 is 1.91 bits per heavy atom. The molecular formula is C16H20FN5O. The monoisotopic (exact) mass is 317 g/mol. The van der Waals surface area contributed by atoms with Gasteiger partial charge in [-0.1, -0.05) is 5.16 Å². The molecule has 2 atom stereocenters. The third-order valence-corrected chi connectivity index (χ3v) is 5.94. The Hall–Kier alpha value is -1.79. The second-order valence-electron chi connectivity index (χ2n) is 7.92. The Morgan fingerprint density at radius 1 is 1.17 bits per heavy atom. The molecule has 4 saturated carbocycles. The Kier molecular flexibility index (Phi) is 2.48. The lowest BCUT2D eigenvalue weighted by atomic mass is 9.48. The molecule has 2 unspecified atom stereocenters. The molecule has 2 heterocycles. The van der Waals surface area contributed by atoms with E-state index in [1.807, 2.05) is 14.0 Å². The summed E-state index contributed by atoms with van der Waals surface area (Å²) in [6.45, 7) is 1.83. The van der Waals surface area contributed by atoms with Gasteiger partial charge >= 0.3 is 0 Å². The minimum absolute atomic E-state index is 0.266. The van der Waals surface area contributed by atoms with Gasteiger partial charge < -0.3 is 4.52 Å². The van der Waals surface area contributed by atoms with Crippen LogP contribution in [-0.4, -0.2) is 30.6 Å². The number of alkyl halides is 1. The third-order valence-electron chi connectivity index (χ3n) is 5.94. The molecule has 6 nitrogen and oxygen atoms in total. The molecule has 23 heavy (non-hydrogen) atoms. The lowest BCUT2D eigenvalue weighted by Gasteiger charge is -2.57. The van der Waals surface area contributed by atoms with Crippen molar-refractivity contribution < 1.29 is 8.91 Å². The first kappa shape index (κ1) is 13.6. The van der Waals surface area contributed by atoms with Crippen molar-refractivity contribution in [2.75, 3.05) is 0 Å². The van der Waals surface area contributed by atoms with Crippen LogP contribution in [0.4, 0.5) is 4.39 Å². The van der Waals surface area contributed by atoms with Gasteiger partial charge in [-0.3, -0.25) is 0 Å². The minimum Gasteiger partial charge on any atom is -0.338 e. The average Bonchev–Trinajstić information content (AvgIpc) is 3.02. The normalized spacial score (nSPS) is 38.4. The van der Waals surface area contributed by atoms with Crippen molar-refractivity contribution in [2.24, 2.45) is 18.9 Å². The van der Waals surface area contributed by atoms with E-state index in [4.69, 9.17) is 4.52 Å². The van der Waals surface area contributed by atoms with Crippen molar-refractivity contribution in [2.45, 2.75) is 56.5 Å². The van der Waals surface area contributed by atoms with E-state index < -0.39 is 5.67 Å².